The molecular weight excluding hydrogens is 324 g/mol. The number of hydrogen-bond acceptors (Lipinski definition) is 3. The van der Waals surface area contributed by atoms with E-state index in [9.17, 15) is 13.2 Å². The summed E-state index contributed by atoms with van der Waals surface area (Å²) in [7, 11) is -3.42. The van der Waals surface area contributed by atoms with Gasteiger partial charge in [-0.2, -0.15) is 0 Å². The van der Waals surface area contributed by atoms with Crippen molar-refractivity contribution in [3.63, 3.8) is 0 Å². The molecule has 0 aliphatic heterocycles. The molecule has 0 saturated heterocycles. The van der Waals surface area contributed by atoms with Gasteiger partial charge in [-0.05, 0) is 31.4 Å². The Kier molecular flexibility index (Phi) is 6.66. The monoisotopic (exact) mass is 352 g/mol. The molecule has 0 atom stereocenters. The summed E-state index contributed by atoms with van der Waals surface area (Å²) in [6.45, 7) is 2.04. The van der Waals surface area contributed by atoms with Crippen LogP contribution in [0.25, 0.3) is 0 Å². The minimum atomic E-state index is -3.42. The summed E-state index contributed by atoms with van der Waals surface area (Å²) in [6, 6.07) is 7.58. The van der Waals surface area contributed by atoms with Gasteiger partial charge in [0.05, 0.1) is 11.9 Å². The lowest BCUT2D eigenvalue weighted by atomic mass is 10.1. The van der Waals surface area contributed by atoms with Gasteiger partial charge in [0.15, 0.2) is 0 Å². The van der Waals surface area contributed by atoms with E-state index in [1.807, 2.05) is 25.1 Å². The molecule has 0 heterocycles. The zero-order valence-corrected chi connectivity index (χ0v) is 15.4. The van der Waals surface area contributed by atoms with Crippen LogP contribution < -0.4 is 9.62 Å². The molecule has 2 rings (SSSR count). The molecule has 1 saturated carbocycles. The fourth-order valence-corrected chi connectivity index (χ4v) is 4.22. The SMILES string of the molecule is Cc1ccccc1N(CCC(=O)NC1CCCCCC1)S(C)(=O)=O. The largest absolute Gasteiger partial charge is 0.353 e. The molecule has 5 nitrogen and oxygen atoms in total. The van der Waals surface area contributed by atoms with Crippen LogP contribution in [0, 0.1) is 6.92 Å². The lowest BCUT2D eigenvalue weighted by Gasteiger charge is -2.24. The number of amides is 1. The number of hydrogen-bond donors (Lipinski definition) is 1. The number of para-hydroxylation sites is 1. The van der Waals surface area contributed by atoms with Crippen molar-refractivity contribution in [2.75, 3.05) is 17.1 Å². The van der Waals surface area contributed by atoms with Crippen LogP contribution in [0.15, 0.2) is 24.3 Å². The lowest BCUT2D eigenvalue weighted by Crippen LogP contribution is -2.38. The molecule has 1 aliphatic carbocycles. The number of aryl methyl sites for hydroxylation is 1. The van der Waals surface area contributed by atoms with E-state index in [0.29, 0.717) is 5.69 Å². The van der Waals surface area contributed by atoms with Gasteiger partial charge in [-0.1, -0.05) is 43.9 Å². The maximum Gasteiger partial charge on any atom is 0.232 e. The third-order valence-corrected chi connectivity index (χ3v) is 5.73. The predicted octanol–water partition coefficient (Wildman–Crippen LogP) is 2.99. The Bertz CT molecular complexity index is 650. The van der Waals surface area contributed by atoms with Crippen LogP contribution >= 0.6 is 0 Å². The average molecular weight is 353 g/mol. The number of anilines is 1. The van der Waals surface area contributed by atoms with E-state index in [1.54, 1.807) is 6.07 Å². The van der Waals surface area contributed by atoms with E-state index in [1.165, 1.54) is 23.4 Å². The number of rotatable bonds is 6. The van der Waals surface area contributed by atoms with Crippen LogP contribution in [0.5, 0.6) is 0 Å². The van der Waals surface area contributed by atoms with Gasteiger partial charge in [-0.15, -0.1) is 0 Å². The summed E-state index contributed by atoms with van der Waals surface area (Å²) >= 11 is 0. The summed E-state index contributed by atoms with van der Waals surface area (Å²) in [5, 5.41) is 3.07. The van der Waals surface area contributed by atoms with Crippen molar-refractivity contribution in [1.82, 2.24) is 5.32 Å². The van der Waals surface area contributed by atoms with Crippen molar-refractivity contribution >= 4 is 21.6 Å². The predicted molar refractivity (Wildman–Crippen MR) is 97.6 cm³/mol. The smallest absolute Gasteiger partial charge is 0.232 e. The molecule has 1 fully saturated rings. The van der Waals surface area contributed by atoms with Crippen molar-refractivity contribution in [1.29, 1.82) is 0 Å². The average Bonchev–Trinajstić information content (AvgIpc) is 2.76. The van der Waals surface area contributed by atoms with E-state index in [0.717, 1.165) is 31.2 Å². The Hall–Kier alpha value is -1.56. The van der Waals surface area contributed by atoms with E-state index in [-0.39, 0.29) is 24.9 Å². The molecule has 0 radical (unpaired) electrons. The number of carbonyl (C=O) groups excluding carboxylic acids is 1. The first-order valence-corrected chi connectivity index (χ1v) is 10.6. The Morgan fingerprint density at radius 2 is 1.79 bits per heavy atom. The molecule has 0 aromatic heterocycles. The molecule has 0 spiro atoms. The quantitative estimate of drug-likeness (QED) is 0.801. The van der Waals surface area contributed by atoms with E-state index in [2.05, 4.69) is 5.32 Å². The normalized spacial score (nSPS) is 16.4. The molecule has 0 bridgehead atoms. The Balaban J connectivity index is 1.98. The summed E-state index contributed by atoms with van der Waals surface area (Å²) in [5.41, 5.74) is 1.52. The highest BCUT2D eigenvalue weighted by Crippen LogP contribution is 2.22. The lowest BCUT2D eigenvalue weighted by molar-refractivity contribution is -0.121. The van der Waals surface area contributed by atoms with Crippen LogP contribution in [0.4, 0.5) is 5.69 Å². The fraction of sp³-hybridized carbons (Fsp3) is 0.611. The first-order valence-electron chi connectivity index (χ1n) is 8.70. The highest BCUT2D eigenvalue weighted by atomic mass is 32.2. The van der Waals surface area contributed by atoms with Gasteiger partial charge in [0.25, 0.3) is 0 Å². The van der Waals surface area contributed by atoms with Gasteiger partial charge in [0.1, 0.15) is 0 Å². The molecule has 1 N–H and O–H groups in total. The highest BCUT2D eigenvalue weighted by Gasteiger charge is 2.21. The molecule has 6 heteroatoms. The van der Waals surface area contributed by atoms with Crippen LogP contribution in [0.1, 0.15) is 50.5 Å². The van der Waals surface area contributed by atoms with Gasteiger partial charge in [-0.25, -0.2) is 8.42 Å². The number of nitrogens with one attached hydrogen (secondary N) is 1. The third-order valence-electron chi connectivity index (χ3n) is 4.55. The van der Waals surface area contributed by atoms with Crippen molar-refractivity contribution in [2.45, 2.75) is 57.9 Å². The molecule has 134 valence electrons. The van der Waals surface area contributed by atoms with Crippen molar-refractivity contribution in [3.05, 3.63) is 29.8 Å². The maximum atomic E-state index is 12.2. The number of sulfonamides is 1. The van der Waals surface area contributed by atoms with E-state index in [4.69, 9.17) is 0 Å². The van der Waals surface area contributed by atoms with Crippen LogP contribution in [-0.2, 0) is 14.8 Å². The summed E-state index contributed by atoms with van der Waals surface area (Å²) < 4.78 is 25.6. The molecule has 1 aromatic rings. The van der Waals surface area contributed by atoms with Crippen molar-refractivity contribution in [2.24, 2.45) is 0 Å². The molecule has 1 amide bonds. The zero-order valence-electron chi connectivity index (χ0n) is 14.6. The summed E-state index contributed by atoms with van der Waals surface area (Å²) in [4.78, 5) is 12.2. The number of nitrogens with zero attached hydrogens (tertiary/aromatic N) is 1. The molecular formula is C18H28N2O3S. The Labute approximate surface area is 145 Å². The molecule has 1 aliphatic rings. The van der Waals surface area contributed by atoms with Crippen molar-refractivity contribution < 1.29 is 13.2 Å². The Morgan fingerprint density at radius 1 is 1.17 bits per heavy atom. The Morgan fingerprint density at radius 3 is 2.38 bits per heavy atom. The first-order chi connectivity index (χ1) is 11.4. The summed E-state index contributed by atoms with van der Waals surface area (Å²) in [5.74, 6) is -0.0656. The van der Waals surface area contributed by atoms with Crippen LogP contribution in [0.2, 0.25) is 0 Å². The van der Waals surface area contributed by atoms with Crippen LogP contribution in [0.3, 0.4) is 0 Å². The van der Waals surface area contributed by atoms with Crippen molar-refractivity contribution in [3.8, 4) is 0 Å². The van der Waals surface area contributed by atoms with Gasteiger partial charge in [0, 0.05) is 19.0 Å². The fourth-order valence-electron chi connectivity index (χ4n) is 3.23. The highest BCUT2D eigenvalue weighted by molar-refractivity contribution is 7.92. The number of benzene rings is 1. The van der Waals surface area contributed by atoms with Gasteiger partial charge >= 0.3 is 0 Å². The molecule has 24 heavy (non-hydrogen) atoms. The maximum absolute atomic E-state index is 12.2. The van der Waals surface area contributed by atoms with Crippen LogP contribution in [-0.4, -0.2) is 33.2 Å². The van der Waals surface area contributed by atoms with Gasteiger partial charge in [0.2, 0.25) is 15.9 Å². The molecule has 1 aromatic carbocycles. The second kappa shape index (κ2) is 8.51. The minimum absolute atomic E-state index is 0.0656. The van der Waals surface area contributed by atoms with Gasteiger partial charge in [-0.3, -0.25) is 9.10 Å². The number of carbonyl (C=O) groups is 1. The third kappa shape index (κ3) is 5.51. The van der Waals surface area contributed by atoms with E-state index >= 15 is 0 Å². The second-order valence-electron chi connectivity index (χ2n) is 6.63. The van der Waals surface area contributed by atoms with Gasteiger partial charge < -0.3 is 5.32 Å². The van der Waals surface area contributed by atoms with E-state index < -0.39 is 10.0 Å². The first kappa shape index (κ1) is 18.8. The minimum Gasteiger partial charge on any atom is -0.353 e. The zero-order chi connectivity index (χ0) is 17.6. The standard InChI is InChI=1S/C18H28N2O3S/c1-15-9-7-8-12-17(15)20(24(2,22)23)14-13-18(21)19-16-10-5-3-4-6-11-16/h7-9,12,16H,3-6,10-11,13-14H2,1-2H3,(H,19,21). The summed E-state index contributed by atoms with van der Waals surface area (Å²) in [6.07, 6.45) is 8.20. The topological polar surface area (TPSA) is 66.5 Å². The second-order valence-corrected chi connectivity index (χ2v) is 8.53. The molecule has 0 unspecified atom stereocenters.